The number of carboxylic acid groups (broad SMARTS) is 1. The van der Waals surface area contributed by atoms with Gasteiger partial charge in [0.1, 0.15) is 49.0 Å². The summed E-state index contributed by atoms with van der Waals surface area (Å²) in [6.07, 6.45) is 1.27. The number of nitrogens with one attached hydrogen (secondary N) is 2. The summed E-state index contributed by atoms with van der Waals surface area (Å²) < 4.78 is 54.6. The highest BCUT2D eigenvalue weighted by atomic mass is 35.5. The highest BCUT2D eigenvalue weighted by Crippen LogP contribution is 2.47. The van der Waals surface area contributed by atoms with E-state index in [4.69, 9.17) is 57.8 Å². The van der Waals surface area contributed by atoms with Crippen molar-refractivity contribution in [2.24, 2.45) is 5.73 Å². The number of nitrogens with two attached hydrogens (primary N) is 1. The van der Waals surface area contributed by atoms with Crippen LogP contribution in [-0.2, 0) is 34.8 Å². The topological polar surface area (TPSA) is 225 Å². The molecule has 2 aromatic heterocycles. The second kappa shape index (κ2) is 22.1. The molecule has 5 N–H and O–H groups in total. The number of ether oxygens (including phenoxy) is 4. The molecule has 4 amide bonds. The van der Waals surface area contributed by atoms with Crippen molar-refractivity contribution in [1.82, 2.24) is 20.6 Å². The molecule has 22 heteroatoms. The number of nitrogens with zero attached hydrogens (tertiary/aromatic N) is 4. The Morgan fingerprint density at radius 2 is 1.11 bits per heavy atom. The lowest BCUT2D eigenvalue weighted by Crippen LogP contribution is -2.47. The molecule has 4 fully saturated rings. The van der Waals surface area contributed by atoms with Gasteiger partial charge in [-0.25, -0.2) is 14.4 Å². The van der Waals surface area contributed by atoms with E-state index in [0.717, 1.165) is 46.5 Å². The minimum absolute atomic E-state index is 0. The number of fused-ring (bicyclic) bond motifs is 6. The number of anilines is 2. The number of carbonyl (C=O) groups is 5. The van der Waals surface area contributed by atoms with Crippen molar-refractivity contribution < 1.29 is 61.2 Å². The number of rotatable bonds is 8. The van der Waals surface area contributed by atoms with Crippen LogP contribution in [0.5, 0.6) is 11.5 Å². The van der Waals surface area contributed by atoms with Crippen LogP contribution in [0.1, 0.15) is 72.7 Å². The molecule has 17 nitrogen and oxygen atoms in total. The lowest BCUT2D eigenvalue weighted by Gasteiger charge is -2.31. The van der Waals surface area contributed by atoms with Crippen molar-refractivity contribution in [1.29, 1.82) is 0 Å². The number of aromatic nitrogens is 2. The van der Waals surface area contributed by atoms with Gasteiger partial charge < -0.3 is 40.4 Å². The van der Waals surface area contributed by atoms with E-state index in [9.17, 15) is 32.3 Å². The summed E-state index contributed by atoms with van der Waals surface area (Å²) in [4.78, 5) is 68.6. The van der Waals surface area contributed by atoms with Crippen molar-refractivity contribution in [2.75, 3.05) is 41.4 Å². The van der Waals surface area contributed by atoms with Crippen molar-refractivity contribution >= 4 is 64.5 Å². The van der Waals surface area contributed by atoms with Gasteiger partial charge in [-0.2, -0.15) is 13.2 Å². The van der Waals surface area contributed by atoms with Gasteiger partial charge in [-0.3, -0.25) is 29.4 Å². The third kappa shape index (κ3) is 12.3. The smallest absolute Gasteiger partial charge is 0.489 e. The maximum absolute atomic E-state index is 12.4. The predicted molar refractivity (Wildman–Crippen MR) is 256 cm³/mol. The van der Waals surface area contributed by atoms with E-state index in [1.807, 2.05) is 60.9 Å². The first-order chi connectivity index (χ1) is 32.2. The van der Waals surface area contributed by atoms with Crippen LogP contribution in [0.2, 0.25) is 0 Å². The quantitative estimate of drug-likeness (QED) is 0.122. The molecule has 10 rings (SSSR count). The molecular weight excluding hydrogens is 962 g/mol. The first kappa shape index (κ1) is 54.6. The second-order valence-electron chi connectivity index (χ2n) is 17.1. The van der Waals surface area contributed by atoms with E-state index in [0.29, 0.717) is 36.1 Å². The fourth-order valence-electron chi connectivity index (χ4n) is 7.88. The summed E-state index contributed by atoms with van der Waals surface area (Å²) in [7, 11) is 0. The summed E-state index contributed by atoms with van der Waals surface area (Å²) in [6, 6.07) is 19.1. The predicted octanol–water partition coefficient (Wildman–Crippen LogP) is 8.27. The number of benzene rings is 2. The summed E-state index contributed by atoms with van der Waals surface area (Å²) >= 11 is 9.53. The van der Waals surface area contributed by atoms with Crippen molar-refractivity contribution in [3.8, 4) is 33.8 Å². The third-order valence-corrected chi connectivity index (χ3v) is 12.1. The van der Waals surface area contributed by atoms with Crippen molar-refractivity contribution in [3.05, 3.63) is 84.4 Å². The van der Waals surface area contributed by atoms with Crippen molar-refractivity contribution in [3.63, 3.8) is 0 Å². The number of carbonyl (C=O) groups excluding carboxylic acids is 4. The first-order valence-electron chi connectivity index (χ1n) is 21.4. The summed E-state index contributed by atoms with van der Waals surface area (Å²) in [5, 5.41) is 12.7. The normalized spacial score (nSPS) is 20.9. The van der Waals surface area contributed by atoms with Crippen LogP contribution in [0, 0.1) is 0 Å². The molecule has 378 valence electrons. The van der Waals surface area contributed by atoms with Gasteiger partial charge in [0.2, 0.25) is 11.8 Å². The van der Waals surface area contributed by atoms with Gasteiger partial charge in [0.15, 0.2) is 0 Å². The Morgan fingerprint density at radius 3 is 1.44 bits per heavy atom. The Labute approximate surface area is 413 Å². The average Bonchev–Trinajstić information content (AvgIpc) is 4.20. The molecule has 6 heterocycles. The lowest BCUT2D eigenvalue weighted by molar-refractivity contribution is -0.192. The Hall–Kier alpha value is -6.38. The zero-order valence-electron chi connectivity index (χ0n) is 37.0. The number of carboxylic acids is 1. The zero-order valence-corrected chi connectivity index (χ0v) is 38.5. The molecule has 2 saturated carbocycles. The highest BCUT2D eigenvalue weighted by molar-refractivity contribution is 6.40. The minimum atomic E-state index is -5.08. The average molecular weight is 1020 g/mol. The zero-order chi connectivity index (χ0) is 49.1. The SMILES string of the molecule is C.C.CC(=O)NC[C@@H]1OC(=O)N2c3ccc(-c4ccc(C5(C)CC5)nc4)cc3OC[C@@H]12.CC(=O)NC[C@@H]1OC(=O)N2c3ccc(-c4ccc(C5(N)CC5)nc4)cc3OC[C@@H]12.ClCCl.O=C(O)C(F)(F)F. The van der Waals surface area contributed by atoms with E-state index >= 15 is 0 Å². The van der Waals surface area contributed by atoms with Crippen LogP contribution in [0.25, 0.3) is 22.3 Å². The fraction of sp³-hybridized carbons (Fsp3) is 0.438. The largest absolute Gasteiger partial charge is 0.490 e. The Morgan fingerprint density at radius 1 is 0.729 bits per heavy atom. The first-order valence-corrected chi connectivity index (χ1v) is 22.5. The molecule has 2 aliphatic carbocycles. The number of hydrogen-bond acceptors (Lipinski definition) is 12. The maximum atomic E-state index is 12.4. The molecule has 2 saturated heterocycles. The number of pyridine rings is 2. The molecule has 0 bridgehead atoms. The summed E-state index contributed by atoms with van der Waals surface area (Å²) in [6.45, 7) is 6.28. The molecule has 4 atom stereocenters. The van der Waals surface area contributed by atoms with Crippen LogP contribution < -0.4 is 35.6 Å². The Bertz CT molecular complexity index is 2390. The highest BCUT2D eigenvalue weighted by Gasteiger charge is 2.48. The molecule has 4 aromatic rings. The molecular formula is C48H56Cl2F3N7O10. The number of aliphatic carboxylic acids is 1. The number of hydrogen-bond donors (Lipinski definition) is 4. The number of cyclic esters (lactones) is 2. The molecule has 6 aliphatic rings. The van der Waals surface area contributed by atoms with Crippen LogP contribution in [-0.4, -0.2) is 107 Å². The third-order valence-electron chi connectivity index (χ3n) is 12.1. The molecule has 0 radical (unpaired) electrons. The van der Waals surface area contributed by atoms with Crippen LogP contribution in [0.15, 0.2) is 73.1 Å². The molecule has 70 heavy (non-hydrogen) atoms. The van der Waals surface area contributed by atoms with E-state index in [2.05, 4.69) is 39.7 Å². The lowest BCUT2D eigenvalue weighted by atomic mass is 10.0. The van der Waals surface area contributed by atoms with Gasteiger partial charge in [0.25, 0.3) is 0 Å². The van der Waals surface area contributed by atoms with Gasteiger partial charge in [-0.05, 0) is 73.2 Å². The van der Waals surface area contributed by atoms with Gasteiger partial charge >= 0.3 is 24.3 Å². The minimum Gasteiger partial charge on any atom is -0.489 e. The Balaban J connectivity index is 0.000000214. The summed E-state index contributed by atoms with van der Waals surface area (Å²) in [5.74, 6) is -1.81. The van der Waals surface area contributed by atoms with Gasteiger partial charge in [-0.1, -0.05) is 46.0 Å². The molecule has 0 spiro atoms. The van der Waals surface area contributed by atoms with Crippen LogP contribution in [0.3, 0.4) is 0 Å². The number of halogens is 5. The van der Waals surface area contributed by atoms with E-state index in [1.165, 1.54) is 26.7 Å². The number of alkyl halides is 5. The Kier molecular flexibility index (Phi) is 17.3. The van der Waals surface area contributed by atoms with Crippen molar-refractivity contribution in [2.45, 2.75) is 103 Å². The monoisotopic (exact) mass is 1020 g/mol. The fourth-order valence-corrected chi connectivity index (χ4v) is 7.88. The summed E-state index contributed by atoms with van der Waals surface area (Å²) in [5.41, 5.74) is 13.5. The maximum Gasteiger partial charge on any atom is 0.490 e. The van der Waals surface area contributed by atoms with Gasteiger partial charge in [0, 0.05) is 48.5 Å². The van der Waals surface area contributed by atoms with E-state index in [-0.39, 0.29) is 68.1 Å². The van der Waals surface area contributed by atoms with E-state index in [1.54, 1.807) is 9.80 Å². The number of amides is 4. The van der Waals surface area contributed by atoms with Crippen LogP contribution >= 0.6 is 23.2 Å². The molecule has 4 aliphatic heterocycles. The van der Waals surface area contributed by atoms with Crippen LogP contribution in [0.4, 0.5) is 34.1 Å². The second-order valence-corrected chi connectivity index (χ2v) is 17.9. The standard InChI is InChI=1S/C22H23N3O4.C21H22N4O4.C2HF3O2.CH2Cl2.2CH4/c1-13(26)23-11-19-17-12-28-18-9-14(3-5-16(18)25(17)21(27)29-19)15-4-6-20(24-10-15)22(2)7-8-22;1-12(26)23-10-18-16-11-28-17-8-13(2-4-15(17)25(16)20(27)29-18)14-3-5-19(24-9-14)21(22)6-7-21;3-2(4,5)1(6)7;2-1-3;;/h3-6,9-10,17,19H,7-8,11-12H2,1-2H3,(H,23,26);2-5,8-9,16,18H,6-7,10-11,22H2,1H3,(H,23,26);(H,6,7);1H2;2*1H4/t17-,19-;16-,18-;;;;/m00..../s1. The van der Waals surface area contributed by atoms with Gasteiger partial charge in [-0.15, -0.1) is 23.2 Å². The van der Waals surface area contributed by atoms with Gasteiger partial charge in [0.05, 0.1) is 41.0 Å². The molecule has 2 aromatic carbocycles. The van der Waals surface area contributed by atoms with E-state index < -0.39 is 36.5 Å². The molecule has 0 unspecified atom stereocenters.